The Morgan fingerprint density at radius 2 is 2.22 bits per heavy atom. The number of benzene rings is 1. The number of nitrogens with zero attached hydrogens (tertiary/aromatic N) is 2. The first-order valence-corrected chi connectivity index (χ1v) is 9.86. The third-order valence-electron chi connectivity index (χ3n) is 4.22. The van der Waals surface area contributed by atoms with Crippen LogP contribution in [-0.2, 0) is 17.9 Å². The molecule has 6 nitrogen and oxygen atoms in total. The number of amides is 1. The zero-order valence-corrected chi connectivity index (χ0v) is 16.3. The monoisotopic (exact) mass is 403 g/mol. The molecule has 2 heterocycles. The van der Waals surface area contributed by atoms with Gasteiger partial charge in [0.25, 0.3) is 5.89 Å². The molecule has 1 N–H and O–H groups in total. The maximum absolute atomic E-state index is 11.7. The van der Waals surface area contributed by atoms with E-state index in [-0.39, 0.29) is 18.4 Å². The first kappa shape index (κ1) is 18.0. The van der Waals surface area contributed by atoms with Crippen LogP contribution >= 0.6 is 22.9 Å². The third kappa shape index (κ3) is 4.48. The van der Waals surface area contributed by atoms with E-state index in [9.17, 15) is 4.79 Å². The van der Waals surface area contributed by atoms with Gasteiger partial charge in [-0.05, 0) is 55.7 Å². The number of halogens is 1. The number of hydrogen-bond donors (Lipinski definition) is 1. The minimum atomic E-state index is 0.140. The average molecular weight is 404 g/mol. The highest BCUT2D eigenvalue weighted by Gasteiger charge is 2.29. The summed E-state index contributed by atoms with van der Waals surface area (Å²) in [5, 5.41) is 7.64. The number of aryl methyl sites for hydroxylation is 1. The number of carbonyl (C=O) groups excluding carboxylic acids is 1. The number of ether oxygens (including phenoxy) is 1. The molecular formula is C19H18ClN3O3S. The summed E-state index contributed by atoms with van der Waals surface area (Å²) < 4.78 is 11.0. The van der Waals surface area contributed by atoms with E-state index < -0.39 is 0 Å². The van der Waals surface area contributed by atoms with Gasteiger partial charge in [0.2, 0.25) is 11.7 Å². The molecule has 3 aromatic rings. The van der Waals surface area contributed by atoms with Crippen LogP contribution in [-0.4, -0.2) is 16.0 Å². The van der Waals surface area contributed by atoms with Crippen molar-refractivity contribution in [2.45, 2.75) is 32.9 Å². The molecule has 140 valence electrons. The lowest BCUT2D eigenvalue weighted by atomic mass is 10.2. The standard InChI is InChI=1S/C19H18ClN3O3S/c1-11-8-13(20)4-6-15(11)25-10-17-22-18(23-26-17)16-7-5-14(27-16)9-21-19(24)12-2-3-12/h4-8,12H,2-3,9-10H2,1H3,(H,21,24). The van der Waals surface area contributed by atoms with Crippen molar-refractivity contribution in [1.29, 1.82) is 0 Å². The molecular weight excluding hydrogens is 386 g/mol. The SMILES string of the molecule is Cc1cc(Cl)ccc1OCc1nc(-c2ccc(CNC(=O)C3CC3)s2)no1. The van der Waals surface area contributed by atoms with Gasteiger partial charge in [0.05, 0.1) is 11.4 Å². The van der Waals surface area contributed by atoms with Gasteiger partial charge in [-0.2, -0.15) is 4.98 Å². The smallest absolute Gasteiger partial charge is 0.264 e. The second-order valence-electron chi connectivity index (χ2n) is 6.47. The predicted molar refractivity (Wildman–Crippen MR) is 103 cm³/mol. The van der Waals surface area contributed by atoms with Crippen molar-refractivity contribution in [2.24, 2.45) is 5.92 Å². The second kappa shape index (κ2) is 7.70. The Hall–Kier alpha value is -2.38. The normalized spacial score (nSPS) is 13.6. The molecule has 1 aromatic carbocycles. The summed E-state index contributed by atoms with van der Waals surface area (Å²) in [6, 6.07) is 9.33. The Morgan fingerprint density at radius 3 is 3.00 bits per heavy atom. The second-order valence-corrected chi connectivity index (χ2v) is 8.07. The summed E-state index contributed by atoms with van der Waals surface area (Å²) >= 11 is 7.48. The number of nitrogens with one attached hydrogen (secondary N) is 1. The topological polar surface area (TPSA) is 77.2 Å². The first-order valence-electron chi connectivity index (χ1n) is 8.67. The van der Waals surface area contributed by atoms with Crippen molar-refractivity contribution in [3.8, 4) is 16.5 Å². The van der Waals surface area contributed by atoms with Gasteiger partial charge in [-0.1, -0.05) is 16.8 Å². The van der Waals surface area contributed by atoms with Gasteiger partial charge in [-0.25, -0.2) is 0 Å². The highest BCUT2D eigenvalue weighted by molar-refractivity contribution is 7.15. The van der Waals surface area contributed by atoms with Crippen LogP contribution < -0.4 is 10.1 Å². The zero-order chi connectivity index (χ0) is 18.8. The van der Waals surface area contributed by atoms with Crippen LogP contribution in [0.15, 0.2) is 34.9 Å². The molecule has 1 fully saturated rings. The van der Waals surface area contributed by atoms with Gasteiger partial charge in [-0.3, -0.25) is 4.79 Å². The minimum absolute atomic E-state index is 0.140. The molecule has 1 aliphatic carbocycles. The molecule has 0 radical (unpaired) electrons. The van der Waals surface area contributed by atoms with Gasteiger partial charge in [0.15, 0.2) is 6.61 Å². The molecule has 0 bridgehead atoms. The average Bonchev–Trinajstić information content (AvgIpc) is 3.21. The fourth-order valence-electron chi connectivity index (χ4n) is 2.59. The highest BCUT2D eigenvalue weighted by Crippen LogP contribution is 2.30. The summed E-state index contributed by atoms with van der Waals surface area (Å²) in [5.74, 6) is 2.00. The lowest BCUT2D eigenvalue weighted by Crippen LogP contribution is -2.23. The van der Waals surface area contributed by atoms with E-state index in [1.165, 1.54) is 11.3 Å². The minimum Gasteiger partial charge on any atom is -0.483 e. The van der Waals surface area contributed by atoms with E-state index in [0.29, 0.717) is 23.3 Å². The summed E-state index contributed by atoms with van der Waals surface area (Å²) in [4.78, 5) is 18.1. The number of thiophene rings is 1. The lowest BCUT2D eigenvalue weighted by molar-refractivity contribution is -0.122. The van der Waals surface area contributed by atoms with Crippen molar-refractivity contribution in [2.75, 3.05) is 0 Å². The van der Waals surface area contributed by atoms with Crippen LogP contribution in [0.5, 0.6) is 5.75 Å². The van der Waals surface area contributed by atoms with Crippen molar-refractivity contribution in [3.63, 3.8) is 0 Å². The Bertz CT molecular complexity index is 965. The van der Waals surface area contributed by atoms with Gasteiger partial charge < -0.3 is 14.6 Å². The molecule has 0 spiro atoms. The molecule has 2 aromatic heterocycles. The number of rotatable bonds is 7. The van der Waals surface area contributed by atoms with Crippen LogP contribution in [0.4, 0.5) is 0 Å². The van der Waals surface area contributed by atoms with Crippen molar-refractivity contribution < 1.29 is 14.1 Å². The molecule has 8 heteroatoms. The summed E-state index contributed by atoms with van der Waals surface area (Å²) in [6.45, 7) is 2.64. The van der Waals surface area contributed by atoms with E-state index >= 15 is 0 Å². The molecule has 0 atom stereocenters. The van der Waals surface area contributed by atoms with E-state index in [4.69, 9.17) is 20.9 Å². The van der Waals surface area contributed by atoms with E-state index in [1.807, 2.05) is 31.2 Å². The summed E-state index contributed by atoms with van der Waals surface area (Å²) in [5.41, 5.74) is 0.943. The van der Waals surface area contributed by atoms with Gasteiger partial charge in [-0.15, -0.1) is 11.3 Å². The van der Waals surface area contributed by atoms with Gasteiger partial charge in [0.1, 0.15) is 5.75 Å². The van der Waals surface area contributed by atoms with E-state index in [1.54, 1.807) is 6.07 Å². The third-order valence-corrected chi connectivity index (χ3v) is 5.54. The fourth-order valence-corrected chi connectivity index (χ4v) is 3.68. The summed E-state index contributed by atoms with van der Waals surface area (Å²) in [6.07, 6.45) is 2.01. The van der Waals surface area contributed by atoms with E-state index in [0.717, 1.165) is 33.9 Å². The zero-order valence-electron chi connectivity index (χ0n) is 14.7. The molecule has 0 saturated heterocycles. The van der Waals surface area contributed by atoms with Crippen molar-refractivity contribution >= 4 is 28.8 Å². The molecule has 0 aliphatic heterocycles. The van der Waals surface area contributed by atoms with Crippen LogP contribution in [0.2, 0.25) is 5.02 Å². The maximum atomic E-state index is 11.7. The molecule has 27 heavy (non-hydrogen) atoms. The molecule has 4 rings (SSSR count). The Balaban J connectivity index is 1.35. The maximum Gasteiger partial charge on any atom is 0.264 e. The number of aromatic nitrogens is 2. The van der Waals surface area contributed by atoms with Crippen LogP contribution in [0.1, 0.15) is 29.2 Å². The highest BCUT2D eigenvalue weighted by atomic mass is 35.5. The molecule has 1 saturated carbocycles. The number of hydrogen-bond acceptors (Lipinski definition) is 6. The molecule has 1 amide bonds. The van der Waals surface area contributed by atoms with Crippen LogP contribution in [0.3, 0.4) is 0 Å². The Kier molecular flexibility index (Phi) is 5.13. The predicted octanol–water partition coefficient (Wildman–Crippen LogP) is 4.37. The quantitative estimate of drug-likeness (QED) is 0.634. The molecule has 0 unspecified atom stereocenters. The van der Waals surface area contributed by atoms with E-state index in [2.05, 4.69) is 15.5 Å². The largest absolute Gasteiger partial charge is 0.483 e. The van der Waals surface area contributed by atoms with Crippen LogP contribution in [0, 0.1) is 12.8 Å². The van der Waals surface area contributed by atoms with Gasteiger partial charge >= 0.3 is 0 Å². The van der Waals surface area contributed by atoms with Crippen molar-refractivity contribution in [3.05, 3.63) is 51.7 Å². The Morgan fingerprint density at radius 1 is 1.37 bits per heavy atom. The lowest BCUT2D eigenvalue weighted by Gasteiger charge is -2.06. The van der Waals surface area contributed by atoms with Gasteiger partial charge in [0, 0.05) is 15.8 Å². The fraction of sp³-hybridized carbons (Fsp3) is 0.316. The Labute approximate surface area is 165 Å². The summed E-state index contributed by atoms with van der Waals surface area (Å²) in [7, 11) is 0. The first-order chi connectivity index (χ1) is 13.1. The van der Waals surface area contributed by atoms with Crippen molar-refractivity contribution in [1.82, 2.24) is 15.5 Å². The molecule has 1 aliphatic rings. The van der Waals surface area contributed by atoms with Crippen LogP contribution in [0.25, 0.3) is 10.7 Å². The number of carbonyl (C=O) groups is 1.